The highest BCUT2D eigenvalue weighted by molar-refractivity contribution is 5.92. The molecule has 0 saturated carbocycles. The number of aromatic nitrogens is 2. The molecular weight excluding hydrogens is 278 g/mol. The lowest BCUT2D eigenvalue weighted by molar-refractivity contribution is 0.0948. The van der Waals surface area contributed by atoms with Gasteiger partial charge in [0.25, 0.3) is 5.91 Å². The fourth-order valence-corrected chi connectivity index (χ4v) is 1.81. The molecule has 2 rings (SSSR count). The molecular formula is C16H17N5O. The minimum absolute atomic E-state index is 0.232. The number of nitrogens with zero attached hydrogens (tertiary/aromatic N) is 3. The lowest BCUT2D eigenvalue weighted by Crippen LogP contribution is -2.25. The van der Waals surface area contributed by atoms with Gasteiger partial charge in [-0.15, -0.1) is 0 Å². The highest BCUT2D eigenvalue weighted by Crippen LogP contribution is 2.17. The Morgan fingerprint density at radius 2 is 2.09 bits per heavy atom. The molecule has 0 unspecified atom stereocenters. The molecule has 0 spiro atoms. The molecule has 6 heteroatoms. The molecule has 1 aromatic carbocycles. The predicted molar refractivity (Wildman–Crippen MR) is 83.7 cm³/mol. The van der Waals surface area contributed by atoms with E-state index in [1.54, 1.807) is 18.2 Å². The molecule has 1 amide bonds. The number of nitriles is 1. The van der Waals surface area contributed by atoms with E-state index in [2.05, 4.69) is 33.6 Å². The van der Waals surface area contributed by atoms with Crippen molar-refractivity contribution >= 4 is 17.4 Å². The van der Waals surface area contributed by atoms with Crippen LogP contribution < -0.4 is 10.6 Å². The molecule has 2 N–H and O–H groups in total. The van der Waals surface area contributed by atoms with Crippen molar-refractivity contribution in [3.8, 4) is 6.07 Å². The van der Waals surface area contributed by atoms with Crippen molar-refractivity contribution in [3.63, 3.8) is 0 Å². The van der Waals surface area contributed by atoms with Gasteiger partial charge in [-0.05, 0) is 18.6 Å². The average Bonchev–Trinajstić information content (AvgIpc) is 2.56. The second kappa shape index (κ2) is 7.74. The molecule has 2 aromatic rings. The van der Waals surface area contributed by atoms with E-state index < -0.39 is 0 Å². The van der Waals surface area contributed by atoms with E-state index >= 15 is 0 Å². The number of unbranched alkanes of at least 4 members (excludes halogenated alkanes) is 1. The zero-order chi connectivity index (χ0) is 15.8. The molecule has 112 valence electrons. The highest BCUT2D eigenvalue weighted by atomic mass is 16.1. The van der Waals surface area contributed by atoms with Gasteiger partial charge in [-0.25, -0.2) is 9.97 Å². The summed E-state index contributed by atoms with van der Waals surface area (Å²) in [6.45, 7) is 2.69. The molecule has 0 aliphatic rings. The summed E-state index contributed by atoms with van der Waals surface area (Å²) < 4.78 is 0. The van der Waals surface area contributed by atoms with Crippen LogP contribution in [0.2, 0.25) is 0 Å². The Labute approximate surface area is 129 Å². The fraction of sp³-hybridized carbons (Fsp3) is 0.250. The molecule has 0 aliphatic carbocycles. The summed E-state index contributed by atoms with van der Waals surface area (Å²) in [6, 6.07) is 9.21. The van der Waals surface area contributed by atoms with Gasteiger partial charge < -0.3 is 10.6 Å². The number of anilines is 2. The normalized spacial score (nSPS) is 9.82. The maximum absolute atomic E-state index is 11.8. The minimum atomic E-state index is -0.232. The second-order valence-corrected chi connectivity index (χ2v) is 4.68. The molecule has 0 atom stereocenters. The first-order valence-electron chi connectivity index (χ1n) is 7.11. The van der Waals surface area contributed by atoms with Crippen LogP contribution in [-0.4, -0.2) is 22.4 Å². The summed E-state index contributed by atoms with van der Waals surface area (Å²) in [7, 11) is 0. The van der Waals surface area contributed by atoms with Gasteiger partial charge in [0, 0.05) is 6.54 Å². The highest BCUT2D eigenvalue weighted by Gasteiger charge is 2.08. The number of hydrogen-bond acceptors (Lipinski definition) is 5. The van der Waals surface area contributed by atoms with Crippen molar-refractivity contribution in [2.75, 3.05) is 11.9 Å². The van der Waals surface area contributed by atoms with Crippen molar-refractivity contribution in [2.45, 2.75) is 19.8 Å². The maximum atomic E-state index is 11.8. The lowest BCUT2D eigenvalue weighted by Gasteiger charge is -2.07. The van der Waals surface area contributed by atoms with Crippen molar-refractivity contribution < 1.29 is 4.79 Å². The number of nitrogens with one attached hydrogen (secondary N) is 2. The Kier molecular flexibility index (Phi) is 5.44. The van der Waals surface area contributed by atoms with Crippen LogP contribution in [0.25, 0.3) is 0 Å². The van der Waals surface area contributed by atoms with E-state index in [0.29, 0.717) is 23.6 Å². The molecule has 0 saturated heterocycles. The van der Waals surface area contributed by atoms with E-state index in [1.165, 1.54) is 12.4 Å². The maximum Gasteiger partial charge on any atom is 0.271 e. The van der Waals surface area contributed by atoms with Gasteiger partial charge in [-0.2, -0.15) is 5.26 Å². The number of para-hydroxylation sites is 1. The Balaban J connectivity index is 2.03. The number of carbonyl (C=O) groups is 1. The van der Waals surface area contributed by atoms with Crippen LogP contribution in [-0.2, 0) is 0 Å². The molecule has 0 fully saturated rings. The summed E-state index contributed by atoms with van der Waals surface area (Å²) in [5.41, 5.74) is 1.44. The third kappa shape index (κ3) is 4.03. The summed E-state index contributed by atoms with van der Waals surface area (Å²) in [4.78, 5) is 20.1. The van der Waals surface area contributed by atoms with Crippen molar-refractivity contribution in [1.82, 2.24) is 15.3 Å². The van der Waals surface area contributed by atoms with E-state index in [4.69, 9.17) is 5.26 Å². The van der Waals surface area contributed by atoms with Gasteiger partial charge in [0.1, 0.15) is 17.6 Å². The number of rotatable bonds is 6. The Bertz CT molecular complexity index is 676. The zero-order valence-electron chi connectivity index (χ0n) is 12.3. The first kappa shape index (κ1) is 15.4. The zero-order valence-corrected chi connectivity index (χ0v) is 12.3. The Hall–Kier alpha value is -2.94. The van der Waals surface area contributed by atoms with Gasteiger partial charge in [0.2, 0.25) is 0 Å². The number of hydrogen-bond donors (Lipinski definition) is 2. The first-order chi connectivity index (χ1) is 10.7. The van der Waals surface area contributed by atoms with E-state index in [-0.39, 0.29) is 11.6 Å². The molecule has 22 heavy (non-hydrogen) atoms. The summed E-state index contributed by atoms with van der Waals surface area (Å²) in [5.74, 6) is 0.248. The smallest absolute Gasteiger partial charge is 0.271 e. The van der Waals surface area contributed by atoms with Gasteiger partial charge in [-0.1, -0.05) is 25.5 Å². The van der Waals surface area contributed by atoms with Gasteiger partial charge in [0.05, 0.1) is 23.6 Å². The largest absolute Gasteiger partial charge is 0.351 e. The van der Waals surface area contributed by atoms with Gasteiger partial charge >= 0.3 is 0 Å². The molecule has 0 aliphatic heterocycles. The van der Waals surface area contributed by atoms with Crippen LogP contribution in [0.3, 0.4) is 0 Å². The minimum Gasteiger partial charge on any atom is -0.351 e. The van der Waals surface area contributed by atoms with Crippen molar-refractivity contribution in [3.05, 3.63) is 47.9 Å². The fourth-order valence-electron chi connectivity index (χ4n) is 1.81. The van der Waals surface area contributed by atoms with Crippen LogP contribution >= 0.6 is 0 Å². The number of benzene rings is 1. The third-order valence-corrected chi connectivity index (χ3v) is 3.01. The average molecular weight is 295 g/mol. The van der Waals surface area contributed by atoms with Crippen LogP contribution in [0.1, 0.15) is 35.8 Å². The van der Waals surface area contributed by atoms with Crippen LogP contribution in [0.4, 0.5) is 11.5 Å². The topological polar surface area (TPSA) is 90.7 Å². The summed E-state index contributed by atoms with van der Waals surface area (Å²) >= 11 is 0. The molecule has 1 heterocycles. The molecule has 0 radical (unpaired) electrons. The number of amides is 1. The monoisotopic (exact) mass is 295 g/mol. The van der Waals surface area contributed by atoms with Gasteiger partial charge in [0.15, 0.2) is 0 Å². The number of carbonyl (C=O) groups excluding carboxylic acids is 1. The summed E-state index contributed by atoms with van der Waals surface area (Å²) in [6.07, 6.45) is 4.85. The first-order valence-corrected chi connectivity index (χ1v) is 7.11. The predicted octanol–water partition coefficient (Wildman–Crippen LogP) is 2.62. The van der Waals surface area contributed by atoms with Crippen LogP contribution in [0, 0.1) is 11.3 Å². The second-order valence-electron chi connectivity index (χ2n) is 4.68. The SMILES string of the molecule is CCCCNC(=O)c1cnc(Nc2ccccc2C#N)cn1. The lowest BCUT2D eigenvalue weighted by atomic mass is 10.2. The Morgan fingerprint density at radius 3 is 2.77 bits per heavy atom. The van der Waals surface area contributed by atoms with E-state index in [9.17, 15) is 4.79 Å². The van der Waals surface area contributed by atoms with Gasteiger partial charge in [-0.3, -0.25) is 4.79 Å². The van der Waals surface area contributed by atoms with Crippen LogP contribution in [0.15, 0.2) is 36.7 Å². The van der Waals surface area contributed by atoms with E-state index in [1.807, 2.05) is 6.07 Å². The molecule has 1 aromatic heterocycles. The standard InChI is InChI=1S/C16H17N5O/c1-2-3-8-18-16(22)14-10-20-15(11-19-14)21-13-7-5-4-6-12(13)9-17/h4-7,10-11H,2-3,8H2,1H3,(H,18,22)(H,20,21). The molecule has 0 bridgehead atoms. The van der Waals surface area contributed by atoms with Crippen LogP contribution in [0.5, 0.6) is 0 Å². The Morgan fingerprint density at radius 1 is 1.27 bits per heavy atom. The quantitative estimate of drug-likeness (QED) is 0.799. The van der Waals surface area contributed by atoms with Crippen molar-refractivity contribution in [1.29, 1.82) is 5.26 Å². The molecule has 6 nitrogen and oxygen atoms in total. The van der Waals surface area contributed by atoms with E-state index in [0.717, 1.165) is 12.8 Å². The third-order valence-electron chi connectivity index (χ3n) is 3.01. The van der Waals surface area contributed by atoms with Crippen molar-refractivity contribution in [2.24, 2.45) is 0 Å². The summed E-state index contributed by atoms with van der Waals surface area (Å²) in [5, 5.41) is 14.8.